The van der Waals surface area contributed by atoms with Gasteiger partial charge >= 0.3 is 0 Å². The Kier molecular flexibility index (Phi) is 2.42. The van der Waals surface area contributed by atoms with Crippen molar-refractivity contribution < 1.29 is 14.8 Å². The summed E-state index contributed by atoms with van der Waals surface area (Å²) in [6.07, 6.45) is 0. The molecule has 5 heteroatoms. The van der Waals surface area contributed by atoms with E-state index in [4.69, 9.17) is 0 Å². The molecule has 0 unspecified atom stereocenters. The molecule has 1 aliphatic heterocycles. The maximum absolute atomic E-state index is 11.7. The molecule has 0 atom stereocenters. The molecule has 2 aromatic carbocycles. The molecule has 2 amide bonds. The van der Waals surface area contributed by atoms with Gasteiger partial charge in [0.05, 0.1) is 22.3 Å². The lowest BCUT2D eigenvalue weighted by atomic mass is 10.1. The monoisotopic (exact) mass is 292 g/mol. The van der Waals surface area contributed by atoms with Crippen molar-refractivity contribution in [3.63, 3.8) is 0 Å². The van der Waals surface area contributed by atoms with E-state index >= 15 is 0 Å². The molecule has 5 nitrogen and oxygen atoms in total. The first kappa shape index (κ1) is 12.6. The molecule has 0 fully saturated rings. The molecule has 108 valence electrons. The van der Waals surface area contributed by atoms with E-state index in [2.05, 4.69) is 5.32 Å². The molecule has 0 saturated heterocycles. The third kappa shape index (κ3) is 1.65. The van der Waals surface area contributed by atoms with Gasteiger partial charge in [0.1, 0.15) is 0 Å². The molecule has 0 spiro atoms. The third-order valence-electron chi connectivity index (χ3n) is 3.98. The van der Waals surface area contributed by atoms with Gasteiger partial charge in [-0.15, -0.1) is 0 Å². The summed E-state index contributed by atoms with van der Waals surface area (Å²) in [6.45, 7) is 1.99. The van der Waals surface area contributed by atoms with E-state index < -0.39 is 11.8 Å². The highest BCUT2D eigenvalue weighted by atomic mass is 16.5. The SMILES string of the molecule is Cc1ccc(-c2cc3cc4c(cc3n2O)C(=O)NC4=O)cc1. The van der Waals surface area contributed by atoms with Crippen LogP contribution in [0, 0.1) is 6.92 Å². The minimum atomic E-state index is -0.431. The Morgan fingerprint density at radius 1 is 0.955 bits per heavy atom. The molecule has 0 aliphatic carbocycles. The lowest BCUT2D eigenvalue weighted by Gasteiger charge is -2.03. The normalized spacial score (nSPS) is 13.5. The highest BCUT2D eigenvalue weighted by molar-refractivity contribution is 6.23. The van der Waals surface area contributed by atoms with E-state index in [1.54, 1.807) is 18.2 Å². The Hall–Kier alpha value is -3.08. The highest BCUT2D eigenvalue weighted by Gasteiger charge is 2.28. The minimum absolute atomic E-state index is 0.293. The fraction of sp³-hybridized carbons (Fsp3) is 0.0588. The second-order valence-corrected chi connectivity index (χ2v) is 5.45. The van der Waals surface area contributed by atoms with Crippen molar-refractivity contribution in [2.24, 2.45) is 0 Å². The van der Waals surface area contributed by atoms with Crippen LogP contribution in [0.15, 0.2) is 42.5 Å². The Labute approximate surface area is 125 Å². The fourth-order valence-electron chi connectivity index (χ4n) is 2.79. The number of nitrogens with zero attached hydrogens (tertiary/aromatic N) is 1. The van der Waals surface area contributed by atoms with Gasteiger partial charge in [0, 0.05) is 10.9 Å². The number of aryl methyl sites for hydroxylation is 1. The number of nitrogens with one attached hydrogen (secondary N) is 1. The predicted octanol–water partition coefficient (Wildman–Crippen LogP) is 2.74. The van der Waals surface area contributed by atoms with Crippen LogP contribution in [0.4, 0.5) is 0 Å². The van der Waals surface area contributed by atoms with Crippen LogP contribution in [0.5, 0.6) is 0 Å². The Bertz CT molecular complexity index is 952. The average Bonchev–Trinajstić information content (AvgIpc) is 2.97. The summed E-state index contributed by atoms with van der Waals surface area (Å²) in [6, 6.07) is 12.7. The van der Waals surface area contributed by atoms with Gasteiger partial charge in [0.25, 0.3) is 11.8 Å². The summed E-state index contributed by atoms with van der Waals surface area (Å²) in [5.74, 6) is -0.829. The topological polar surface area (TPSA) is 71.3 Å². The summed E-state index contributed by atoms with van der Waals surface area (Å²) >= 11 is 0. The molecule has 22 heavy (non-hydrogen) atoms. The van der Waals surface area contributed by atoms with Gasteiger partial charge in [-0.25, -0.2) is 0 Å². The number of fused-ring (bicyclic) bond motifs is 2. The fourth-order valence-corrected chi connectivity index (χ4v) is 2.79. The molecule has 3 aromatic rings. The Morgan fingerprint density at radius 3 is 2.27 bits per heavy atom. The standard InChI is InChI=1S/C17H12N2O3/c1-9-2-4-10(5-3-9)14-7-11-6-12-13(8-15(11)19(14)22)17(21)18-16(12)20/h2-8,22H,1H3,(H,18,20,21). The van der Waals surface area contributed by atoms with E-state index in [1.807, 2.05) is 31.2 Å². The molecular formula is C17H12N2O3. The second-order valence-electron chi connectivity index (χ2n) is 5.45. The molecule has 1 aromatic heterocycles. The van der Waals surface area contributed by atoms with E-state index in [0.717, 1.165) is 15.9 Å². The number of rotatable bonds is 1. The molecule has 0 radical (unpaired) electrons. The molecule has 0 saturated carbocycles. The van der Waals surface area contributed by atoms with Crippen LogP contribution in [0.3, 0.4) is 0 Å². The van der Waals surface area contributed by atoms with Crippen LogP contribution < -0.4 is 5.32 Å². The maximum Gasteiger partial charge on any atom is 0.259 e. The van der Waals surface area contributed by atoms with Crippen LogP contribution in [-0.4, -0.2) is 21.8 Å². The average molecular weight is 292 g/mol. The smallest absolute Gasteiger partial charge is 0.259 e. The quantitative estimate of drug-likeness (QED) is 0.535. The van der Waals surface area contributed by atoms with Crippen LogP contribution in [0.2, 0.25) is 0 Å². The van der Waals surface area contributed by atoms with Crippen molar-refractivity contribution >= 4 is 22.7 Å². The van der Waals surface area contributed by atoms with Crippen LogP contribution in [0.1, 0.15) is 26.3 Å². The number of amides is 2. The molecule has 1 aliphatic rings. The first-order valence-electron chi connectivity index (χ1n) is 6.86. The van der Waals surface area contributed by atoms with Crippen LogP contribution >= 0.6 is 0 Å². The molecule has 2 N–H and O–H groups in total. The maximum atomic E-state index is 11.7. The number of hydrogen-bond acceptors (Lipinski definition) is 3. The molecule has 2 heterocycles. The van der Waals surface area contributed by atoms with E-state index in [9.17, 15) is 14.8 Å². The van der Waals surface area contributed by atoms with Crippen molar-refractivity contribution in [3.8, 4) is 11.3 Å². The zero-order chi connectivity index (χ0) is 15.4. The largest absolute Gasteiger partial charge is 0.428 e. The lowest BCUT2D eigenvalue weighted by molar-refractivity contribution is 0.0879. The summed E-state index contributed by atoms with van der Waals surface area (Å²) in [7, 11) is 0. The number of aromatic nitrogens is 1. The number of imide groups is 1. The van der Waals surface area contributed by atoms with E-state index in [1.165, 1.54) is 0 Å². The Morgan fingerprint density at radius 2 is 1.59 bits per heavy atom. The van der Waals surface area contributed by atoms with Crippen molar-refractivity contribution in [2.75, 3.05) is 0 Å². The summed E-state index contributed by atoms with van der Waals surface area (Å²) in [5.41, 5.74) is 3.75. The first-order valence-corrected chi connectivity index (χ1v) is 6.86. The number of carbonyl (C=O) groups excluding carboxylic acids is 2. The van der Waals surface area contributed by atoms with Crippen LogP contribution in [0.25, 0.3) is 22.2 Å². The summed E-state index contributed by atoms with van der Waals surface area (Å²) in [4.78, 5) is 23.4. The second kappa shape index (κ2) is 4.21. The molecular weight excluding hydrogens is 280 g/mol. The highest BCUT2D eigenvalue weighted by Crippen LogP contribution is 2.30. The predicted molar refractivity (Wildman–Crippen MR) is 81.1 cm³/mol. The van der Waals surface area contributed by atoms with E-state index in [0.29, 0.717) is 27.7 Å². The van der Waals surface area contributed by atoms with Gasteiger partial charge in [0.15, 0.2) is 0 Å². The van der Waals surface area contributed by atoms with Gasteiger partial charge in [-0.2, -0.15) is 4.73 Å². The van der Waals surface area contributed by atoms with E-state index in [-0.39, 0.29) is 0 Å². The molecule has 4 rings (SSSR count). The van der Waals surface area contributed by atoms with Gasteiger partial charge in [0.2, 0.25) is 0 Å². The van der Waals surface area contributed by atoms with Crippen molar-refractivity contribution in [1.29, 1.82) is 0 Å². The number of hydrogen-bond donors (Lipinski definition) is 2. The lowest BCUT2D eigenvalue weighted by Crippen LogP contribution is -2.19. The number of benzene rings is 2. The zero-order valence-corrected chi connectivity index (χ0v) is 11.8. The first-order chi connectivity index (χ1) is 10.5. The zero-order valence-electron chi connectivity index (χ0n) is 11.8. The van der Waals surface area contributed by atoms with Gasteiger partial charge in [-0.3, -0.25) is 14.9 Å². The Balaban J connectivity index is 1.96. The molecule has 0 bridgehead atoms. The van der Waals surface area contributed by atoms with Crippen molar-refractivity contribution in [3.05, 3.63) is 59.2 Å². The van der Waals surface area contributed by atoms with Crippen LogP contribution in [-0.2, 0) is 0 Å². The summed E-state index contributed by atoms with van der Waals surface area (Å²) in [5, 5.41) is 13.4. The van der Waals surface area contributed by atoms with Gasteiger partial charge in [-0.05, 0) is 25.1 Å². The van der Waals surface area contributed by atoms with Crippen molar-refractivity contribution in [1.82, 2.24) is 10.0 Å². The summed E-state index contributed by atoms with van der Waals surface area (Å²) < 4.78 is 1.05. The van der Waals surface area contributed by atoms with Crippen molar-refractivity contribution in [2.45, 2.75) is 6.92 Å². The number of carbonyl (C=O) groups is 2. The minimum Gasteiger partial charge on any atom is -0.428 e. The van der Waals surface area contributed by atoms with Gasteiger partial charge in [-0.1, -0.05) is 29.8 Å². The third-order valence-corrected chi connectivity index (χ3v) is 3.98. The van der Waals surface area contributed by atoms with Gasteiger partial charge < -0.3 is 5.21 Å².